The van der Waals surface area contributed by atoms with Crippen LogP contribution in [0.15, 0.2) is 24.3 Å². The van der Waals surface area contributed by atoms with E-state index in [1.807, 2.05) is 58.9 Å². The molecule has 7 nitrogen and oxygen atoms in total. The minimum Gasteiger partial charge on any atom is -0.449 e. The van der Waals surface area contributed by atoms with Gasteiger partial charge in [-0.25, -0.2) is 4.79 Å². The lowest BCUT2D eigenvalue weighted by Gasteiger charge is -2.24. The zero-order chi connectivity index (χ0) is 23.9. The summed E-state index contributed by atoms with van der Waals surface area (Å²) in [6.07, 6.45) is 1.06. The summed E-state index contributed by atoms with van der Waals surface area (Å²) >= 11 is 0. The Labute approximate surface area is 190 Å². The van der Waals surface area contributed by atoms with Crippen molar-refractivity contribution >= 4 is 23.6 Å². The topological polar surface area (TPSA) is 102 Å². The first-order valence-corrected chi connectivity index (χ1v) is 11.3. The van der Waals surface area contributed by atoms with Crippen molar-refractivity contribution in [2.24, 2.45) is 17.3 Å². The fraction of sp³-hybridized carbons (Fsp3) is 0.600. The molecule has 1 aromatic rings. The highest BCUT2D eigenvalue weighted by Gasteiger charge is 2.33. The normalized spacial score (nSPS) is 18.4. The summed E-state index contributed by atoms with van der Waals surface area (Å²) in [6, 6.07) is 7.09. The Balaban J connectivity index is 2.16. The van der Waals surface area contributed by atoms with Crippen LogP contribution in [0.5, 0.6) is 0 Å². The minimum atomic E-state index is -0.803. The third-order valence-corrected chi connectivity index (χ3v) is 5.37. The minimum absolute atomic E-state index is 0.126. The maximum absolute atomic E-state index is 13.1. The van der Waals surface area contributed by atoms with Crippen molar-refractivity contribution < 1.29 is 23.9 Å². The molecule has 2 atom stereocenters. The molecule has 2 bridgehead atoms. The van der Waals surface area contributed by atoms with Gasteiger partial charge in [-0.05, 0) is 41.7 Å². The number of nitrogens with one attached hydrogen (secondary N) is 2. The summed E-state index contributed by atoms with van der Waals surface area (Å²) in [7, 11) is 0. The number of carbonyl (C=O) groups excluding carboxylic acids is 4. The third-order valence-electron chi connectivity index (χ3n) is 5.37. The van der Waals surface area contributed by atoms with Crippen LogP contribution >= 0.6 is 0 Å². The molecule has 2 N–H and O–H groups in total. The smallest absolute Gasteiger partial charge is 0.407 e. The number of ether oxygens (including phenoxy) is 1. The van der Waals surface area contributed by atoms with Gasteiger partial charge in [0.2, 0.25) is 5.78 Å². The average Bonchev–Trinajstić information content (AvgIpc) is 2.72. The van der Waals surface area contributed by atoms with E-state index in [0.29, 0.717) is 13.0 Å². The molecule has 0 fully saturated rings. The Morgan fingerprint density at radius 1 is 1.19 bits per heavy atom. The Morgan fingerprint density at radius 2 is 1.88 bits per heavy atom. The van der Waals surface area contributed by atoms with Crippen LogP contribution in [0.4, 0.5) is 4.79 Å². The number of hydrogen-bond acceptors (Lipinski definition) is 5. The van der Waals surface area contributed by atoms with Crippen molar-refractivity contribution in [3.05, 3.63) is 35.4 Å². The van der Waals surface area contributed by atoms with Crippen LogP contribution in [-0.4, -0.2) is 42.8 Å². The molecule has 1 aromatic carbocycles. The molecule has 0 spiro atoms. The van der Waals surface area contributed by atoms with Crippen LogP contribution in [0.1, 0.15) is 58.6 Å². The Hall–Kier alpha value is -2.70. The summed E-state index contributed by atoms with van der Waals surface area (Å²) in [4.78, 5) is 50.6. The van der Waals surface area contributed by atoms with E-state index in [0.717, 1.165) is 24.0 Å². The zero-order valence-electron chi connectivity index (χ0n) is 19.8. The monoisotopic (exact) mass is 444 g/mol. The SMILES string of the molecule is CC(C)C(NC(=O)OCC(C)(C)C)C(=O)CC1Cc2cccc(c2)CCCNC(=O)C1=O. The summed E-state index contributed by atoms with van der Waals surface area (Å²) in [5.41, 5.74) is 1.86. The number of hydrogen-bond donors (Lipinski definition) is 2. The molecule has 0 saturated carbocycles. The first-order chi connectivity index (χ1) is 15.0. The van der Waals surface area contributed by atoms with Gasteiger partial charge in [0, 0.05) is 18.9 Å². The number of aryl methyl sites for hydroxylation is 1. The second kappa shape index (κ2) is 11.2. The van der Waals surface area contributed by atoms with Gasteiger partial charge in [-0.3, -0.25) is 14.4 Å². The van der Waals surface area contributed by atoms with E-state index < -0.39 is 29.7 Å². The molecule has 7 heteroatoms. The first-order valence-electron chi connectivity index (χ1n) is 11.3. The molecule has 32 heavy (non-hydrogen) atoms. The lowest BCUT2D eigenvalue weighted by molar-refractivity contribution is -0.141. The van der Waals surface area contributed by atoms with E-state index in [2.05, 4.69) is 10.6 Å². The molecular weight excluding hydrogens is 408 g/mol. The fourth-order valence-corrected chi connectivity index (χ4v) is 3.66. The Kier molecular flexibility index (Phi) is 8.99. The van der Waals surface area contributed by atoms with Crippen molar-refractivity contribution in [2.45, 2.75) is 66.3 Å². The van der Waals surface area contributed by atoms with Gasteiger partial charge in [-0.15, -0.1) is 0 Å². The van der Waals surface area contributed by atoms with Crippen LogP contribution in [0.2, 0.25) is 0 Å². The third kappa shape index (κ3) is 8.09. The highest BCUT2D eigenvalue weighted by Crippen LogP contribution is 2.20. The van der Waals surface area contributed by atoms with E-state index in [1.54, 1.807) is 0 Å². The fourth-order valence-electron chi connectivity index (χ4n) is 3.66. The molecule has 176 valence electrons. The van der Waals surface area contributed by atoms with E-state index in [4.69, 9.17) is 4.74 Å². The lowest BCUT2D eigenvalue weighted by Crippen LogP contribution is -2.47. The Morgan fingerprint density at radius 3 is 2.53 bits per heavy atom. The van der Waals surface area contributed by atoms with E-state index in [9.17, 15) is 19.2 Å². The van der Waals surface area contributed by atoms with Gasteiger partial charge in [-0.1, -0.05) is 58.9 Å². The van der Waals surface area contributed by atoms with Crippen molar-refractivity contribution in [1.29, 1.82) is 0 Å². The highest BCUT2D eigenvalue weighted by molar-refractivity contribution is 6.37. The number of carbonyl (C=O) groups is 4. The Bertz CT molecular complexity index is 841. The van der Waals surface area contributed by atoms with Crippen molar-refractivity contribution in [2.75, 3.05) is 13.2 Å². The molecular formula is C25H36N2O5. The second-order valence-electron chi connectivity index (χ2n) is 10.1. The van der Waals surface area contributed by atoms with E-state index >= 15 is 0 Å². The molecule has 2 unspecified atom stereocenters. The van der Waals surface area contributed by atoms with Crippen LogP contribution in [0.3, 0.4) is 0 Å². The van der Waals surface area contributed by atoms with Gasteiger partial charge in [0.05, 0.1) is 12.6 Å². The first kappa shape index (κ1) is 25.6. The summed E-state index contributed by atoms with van der Waals surface area (Å²) in [5.74, 6) is -2.52. The number of benzene rings is 1. The van der Waals surface area contributed by atoms with Gasteiger partial charge in [0.25, 0.3) is 5.91 Å². The van der Waals surface area contributed by atoms with Crippen LogP contribution in [0, 0.1) is 17.3 Å². The maximum atomic E-state index is 13.1. The van der Waals surface area contributed by atoms with Gasteiger partial charge >= 0.3 is 6.09 Å². The summed E-state index contributed by atoms with van der Waals surface area (Å²) in [5, 5.41) is 5.32. The van der Waals surface area contributed by atoms with Gasteiger partial charge in [-0.2, -0.15) is 0 Å². The van der Waals surface area contributed by atoms with Crippen LogP contribution < -0.4 is 10.6 Å². The van der Waals surface area contributed by atoms with Crippen molar-refractivity contribution in [1.82, 2.24) is 10.6 Å². The number of alkyl carbamates (subject to hydrolysis) is 1. The molecule has 2 rings (SSSR count). The van der Waals surface area contributed by atoms with Crippen molar-refractivity contribution in [3.8, 4) is 0 Å². The molecule has 0 aromatic heterocycles. The molecule has 2 amide bonds. The zero-order valence-corrected chi connectivity index (χ0v) is 19.8. The standard InChI is InChI=1S/C25H36N2O5/c1-16(2)21(27-24(31)32-15-25(3,4)5)20(28)14-19-13-18-9-6-8-17(12-18)10-7-11-26-23(30)22(19)29/h6,8-9,12,16,19,21H,7,10-11,13-15H2,1-5H3,(H,26,30)(H,27,31). The number of rotatable bonds is 6. The van der Waals surface area contributed by atoms with E-state index in [1.165, 1.54) is 0 Å². The molecule has 1 aliphatic heterocycles. The van der Waals surface area contributed by atoms with Crippen molar-refractivity contribution in [3.63, 3.8) is 0 Å². The quantitative estimate of drug-likeness (QED) is 0.656. The number of amides is 2. The van der Waals surface area contributed by atoms with Gasteiger partial charge in [0.1, 0.15) is 0 Å². The van der Waals surface area contributed by atoms with Gasteiger partial charge in [0.15, 0.2) is 5.78 Å². The summed E-state index contributed by atoms with van der Waals surface area (Å²) in [6.45, 7) is 10.1. The highest BCUT2D eigenvalue weighted by atomic mass is 16.5. The second-order valence-corrected chi connectivity index (χ2v) is 10.1. The predicted molar refractivity (Wildman–Crippen MR) is 122 cm³/mol. The van der Waals surface area contributed by atoms with Gasteiger partial charge < -0.3 is 15.4 Å². The number of fused-ring (bicyclic) bond motifs is 2. The molecule has 1 heterocycles. The largest absolute Gasteiger partial charge is 0.449 e. The van der Waals surface area contributed by atoms with Crippen LogP contribution in [-0.2, 0) is 32.0 Å². The predicted octanol–water partition coefficient (Wildman–Crippen LogP) is 3.23. The van der Waals surface area contributed by atoms with Crippen LogP contribution in [0.25, 0.3) is 0 Å². The molecule has 0 saturated heterocycles. The molecule has 0 aliphatic carbocycles. The maximum Gasteiger partial charge on any atom is 0.407 e. The molecule has 1 aliphatic rings. The summed E-state index contributed by atoms with van der Waals surface area (Å²) < 4.78 is 5.24. The lowest BCUT2D eigenvalue weighted by atomic mass is 9.86. The number of Topliss-reactive ketones (excluding diaryl/α,β-unsaturated/α-hetero) is 2. The average molecular weight is 445 g/mol. The number of ketones is 2. The van der Waals surface area contributed by atoms with E-state index in [-0.39, 0.29) is 30.1 Å². The molecule has 0 radical (unpaired) electrons.